The molecule has 7 heteroatoms. The minimum Gasteiger partial charge on any atom is -0.480 e. The molecule has 140 valence electrons. The maximum Gasteiger partial charge on any atom is 0.408 e. The van der Waals surface area contributed by atoms with E-state index in [0.717, 1.165) is 5.56 Å². The molecule has 0 radical (unpaired) electrons. The summed E-state index contributed by atoms with van der Waals surface area (Å²) in [5, 5.41) is 11.4. The van der Waals surface area contributed by atoms with Gasteiger partial charge in [-0.1, -0.05) is 30.3 Å². The van der Waals surface area contributed by atoms with Crippen LogP contribution in [0.3, 0.4) is 0 Å². The van der Waals surface area contributed by atoms with Crippen LogP contribution in [0.4, 0.5) is 4.79 Å². The van der Waals surface area contributed by atoms with Gasteiger partial charge in [0.1, 0.15) is 5.60 Å². The molecule has 1 rings (SSSR count). The minimum atomic E-state index is -1.17. The number of carboxylic acids is 1. The fourth-order valence-corrected chi connectivity index (χ4v) is 1.85. The van der Waals surface area contributed by atoms with Crippen molar-refractivity contribution in [2.24, 2.45) is 0 Å². The monoisotopic (exact) mass is 353 g/mol. The van der Waals surface area contributed by atoms with Crippen LogP contribution >= 0.6 is 0 Å². The van der Waals surface area contributed by atoms with Crippen molar-refractivity contribution >= 4 is 12.1 Å². The van der Waals surface area contributed by atoms with E-state index in [1.165, 1.54) is 0 Å². The number of carboxylic acid groups (broad SMARTS) is 1. The quantitative estimate of drug-likeness (QED) is 0.628. The van der Waals surface area contributed by atoms with Crippen LogP contribution in [0.15, 0.2) is 30.3 Å². The van der Waals surface area contributed by atoms with Crippen LogP contribution in [0.25, 0.3) is 0 Å². The fourth-order valence-electron chi connectivity index (χ4n) is 1.85. The van der Waals surface area contributed by atoms with Crippen molar-refractivity contribution in [1.29, 1.82) is 0 Å². The Morgan fingerprint density at radius 2 is 1.76 bits per heavy atom. The Kier molecular flexibility index (Phi) is 8.94. The van der Waals surface area contributed by atoms with Crippen LogP contribution in [-0.4, -0.2) is 48.6 Å². The molecule has 0 aliphatic carbocycles. The Morgan fingerprint density at radius 3 is 2.36 bits per heavy atom. The third-order valence-electron chi connectivity index (χ3n) is 2.96. The maximum atomic E-state index is 11.6. The summed E-state index contributed by atoms with van der Waals surface area (Å²) in [6, 6.07) is 8.66. The van der Waals surface area contributed by atoms with Crippen LogP contribution in [0, 0.1) is 0 Å². The topological polar surface area (TPSA) is 94.1 Å². The molecular weight excluding hydrogens is 326 g/mol. The second-order valence-electron chi connectivity index (χ2n) is 6.50. The van der Waals surface area contributed by atoms with E-state index >= 15 is 0 Å². The molecule has 0 unspecified atom stereocenters. The predicted octanol–water partition coefficient (Wildman–Crippen LogP) is 2.59. The molecule has 25 heavy (non-hydrogen) atoms. The SMILES string of the molecule is CC(C)(C)OC(=O)N[C@@H](COCCCOCc1ccccc1)C(=O)O. The number of carbonyl (C=O) groups is 2. The zero-order valence-electron chi connectivity index (χ0n) is 15.0. The first-order valence-corrected chi connectivity index (χ1v) is 8.19. The summed E-state index contributed by atoms with van der Waals surface area (Å²) in [5.74, 6) is -1.17. The highest BCUT2D eigenvalue weighted by Gasteiger charge is 2.23. The summed E-state index contributed by atoms with van der Waals surface area (Å²) in [6.45, 7) is 6.35. The number of amides is 1. The summed E-state index contributed by atoms with van der Waals surface area (Å²) in [6.07, 6.45) is -0.152. The van der Waals surface area contributed by atoms with E-state index in [-0.39, 0.29) is 6.61 Å². The number of aliphatic carboxylic acids is 1. The highest BCUT2D eigenvalue weighted by Crippen LogP contribution is 2.07. The third kappa shape index (κ3) is 10.4. The van der Waals surface area contributed by atoms with Gasteiger partial charge in [0.25, 0.3) is 0 Å². The van der Waals surface area contributed by atoms with Gasteiger partial charge in [-0.25, -0.2) is 9.59 Å². The Labute approximate surface area is 148 Å². The molecule has 1 atom stereocenters. The van der Waals surface area contributed by atoms with Crippen molar-refractivity contribution in [3.8, 4) is 0 Å². The van der Waals surface area contributed by atoms with Crippen molar-refractivity contribution in [2.75, 3.05) is 19.8 Å². The van der Waals surface area contributed by atoms with Crippen molar-refractivity contribution < 1.29 is 28.9 Å². The second-order valence-corrected chi connectivity index (χ2v) is 6.50. The van der Waals surface area contributed by atoms with Crippen LogP contribution < -0.4 is 5.32 Å². The molecule has 0 aliphatic rings. The Hall–Kier alpha value is -2.12. The van der Waals surface area contributed by atoms with Crippen molar-refractivity contribution in [3.63, 3.8) is 0 Å². The second kappa shape index (κ2) is 10.7. The lowest BCUT2D eigenvalue weighted by Gasteiger charge is -2.22. The normalized spacial score (nSPS) is 12.4. The van der Waals surface area contributed by atoms with E-state index in [4.69, 9.17) is 19.3 Å². The summed E-state index contributed by atoms with van der Waals surface area (Å²) >= 11 is 0. The summed E-state index contributed by atoms with van der Waals surface area (Å²) in [7, 11) is 0. The van der Waals surface area contributed by atoms with Gasteiger partial charge in [-0.2, -0.15) is 0 Å². The zero-order chi connectivity index (χ0) is 18.7. The fraction of sp³-hybridized carbons (Fsp3) is 0.556. The van der Waals surface area contributed by atoms with Crippen LogP contribution in [0.2, 0.25) is 0 Å². The first-order chi connectivity index (χ1) is 11.8. The van der Waals surface area contributed by atoms with Crippen molar-refractivity contribution in [1.82, 2.24) is 5.32 Å². The summed E-state index contributed by atoms with van der Waals surface area (Å²) in [5.41, 5.74) is 0.403. The minimum absolute atomic E-state index is 0.132. The van der Waals surface area contributed by atoms with Gasteiger partial charge in [-0.3, -0.25) is 0 Å². The van der Waals surface area contributed by atoms with Gasteiger partial charge < -0.3 is 24.6 Å². The first kappa shape index (κ1) is 20.9. The lowest BCUT2D eigenvalue weighted by atomic mass is 10.2. The average molecular weight is 353 g/mol. The number of carbonyl (C=O) groups excluding carboxylic acids is 1. The Bertz CT molecular complexity index is 526. The molecule has 0 aromatic heterocycles. The molecule has 7 nitrogen and oxygen atoms in total. The van der Waals surface area contributed by atoms with Crippen molar-refractivity contribution in [3.05, 3.63) is 35.9 Å². The number of hydrogen-bond acceptors (Lipinski definition) is 5. The Morgan fingerprint density at radius 1 is 1.12 bits per heavy atom. The van der Waals surface area contributed by atoms with Gasteiger partial charge in [0.05, 0.1) is 13.2 Å². The van der Waals surface area contributed by atoms with E-state index in [1.807, 2.05) is 30.3 Å². The molecule has 1 amide bonds. The van der Waals surface area contributed by atoms with Gasteiger partial charge in [-0.15, -0.1) is 0 Å². The zero-order valence-corrected chi connectivity index (χ0v) is 15.0. The average Bonchev–Trinajstić information content (AvgIpc) is 2.52. The summed E-state index contributed by atoms with van der Waals surface area (Å²) in [4.78, 5) is 22.8. The van der Waals surface area contributed by atoms with Crippen LogP contribution in [0.5, 0.6) is 0 Å². The Balaban J connectivity index is 2.16. The van der Waals surface area contributed by atoms with Crippen LogP contribution in [-0.2, 0) is 25.6 Å². The molecular formula is C18H27NO6. The largest absolute Gasteiger partial charge is 0.480 e. The van der Waals surface area contributed by atoms with Gasteiger partial charge in [-0.05, 0) is 32.8 Å². The van der Waals surface area contributed by atoms with E-state index in [1.54, 1.807) is 20.8 Å². The molecule has 2 N–H and O–H groups in total. The van der Waals surface area contributed by atoms with Gasteiger partial charge in [0.2, 0.25) is 0 Å². The predicted molar refractivity (Wildman–Crippen MR) is 92.3 cm³/mol. The first-order valence-electron chi connectivity index (χ1n) is 8.19. The standard InChI is InChI=1S/C18H27NO6/c1-18(2,3)25-17(22)19-15(16(20)21)13-24-11-7-10-23-12-14-8-5-4-6-9-14/h4-6,8-9,15H,7,10-13H2,1-3H3,(H,19,22)(H,20,21)/t15-/m0/s1. The van der Waals surface area contributed by atoms with E-state index in [2.05, 4.69) is 5.32 Å². The van der Waals surface area contributed by atoms with Gasteiger partial charge in [0.15, 0.2) is 6.04 Å². The van der Waals surface area contributed by atoms with Crippen molar-refractivity contribution in [2.45, 2.75) is 45.4 Å². The highest BCUT2D eigenvalue weighted by molar-refractivity contribution is 5.80. The highest BCUT2D eigenvalue weighted by atomic mass is 16.6. The number of ether oxygens (including phenoxy) is 3. The smallest absolute Gasteiger partial charge is 0.408 e. The number of rotatable bonds is 10. The summed E-state index contributed by atoms with van der Waals surface area (Å²) < 4.78 is 15.8. The third-order valence-corrected chi connectivity index (χ3v) is 2.96. The van der Waals surface area contributed by atoms with E-state index < -0.39 is 23.7 Å². The molecule has 0 spiro atoms. The van der Waals surface area contributed by atoms with Gasteiger partial charge >= 0.3 is 12.1 Å². The van der Waals surface area contributed by atoms with Crippen LogP contribution in [0.1, 0.15) is 32.8 Å². The number of hydrogen-bond donors (Lipinski definition) is 2. The molecule has 0 aliphatic heterocycles. The molecule has 0 saturated heterocycles. The van der Waals surface area contributed by atoms with Gasteiger partial charge in [0, 0.05) is 13.2 Å². The molecule has 0 heterocycles. The molecule has 0 bridgehead atoms. The van der Waals surface area contributed by atoms with E-state index in [0.29, 0.717) is 26.2 Å². The number of benzene rings is 1. The number of nitrogens with one attached hydrogen (secondary N) is 1. The molecule has 1 aromatic rings. The molecule has 0 saturated carbocycles. The molecule has 0 fully saturated rings. The lowest BCUT2D eigenvalue weighted by Crippen LogP contribution is -2.46. The maximum absolute atomic E-state index is 11.6. The molecule has 1 aromatic carbocycles. The lowest BCUT2D eigenvalue weighted by molar-refractivity contribution is -0.141. The number of alkyl carbamates (subject to hydrolysis) is 1. The van der Waals surface area contributed by atoms with E-state index in [9.17, 15) is 9.59 Å².